The van der Waals surface area contributed by atoms with Gasteiger partial charge in [0.1, 0.15) is 15.8 Å². The molecule has 2 aromatic rings. The van der Waals surface area contributed by atoms with Crippen LogP contribution in [0.15, 0.2) is 24.3 Å². The molecule has 0 bridgehead atoms. The minimum atomic E-state index is 0.438. The summed E-state index contributed by atoms with van der Waals surface area (Å²) in [4.78, 5) is 0. The van der Waals surface area contributed by atoms with Crippen molar-refractivity contribution in [3.63, 3.8) is 0 Å². The number of benzene rings is 1. The molecule has 1 aromatic carbocycles. The molecule has 0 aliphatic carbocycles. The quantitative estimate of drug-likeness (QED) is 0.901. The van der Waals surface area contributed by atoms with Gasteiger partial charge in [0.25, 0.3) is 0 Å². The Morgan fingerprint density at radius 3 is 2.50 bits per heavy atom. The zero-order valence-electron chi connectivity index (χ0n) is 10.6. The molecule has 0 saturated heterocycles. The van der Waals surface area contributed by atoms with Crippen molar-refractivity contribution >= 4 is 11.3 Å². The largest absolute Gasteiger partial charge is 0.493 e. The summed E-state index contributed by atoms with van der Waals surface area (Å²) in [6, 6.07) is 7.91. The van der Waals surface area contributed by atoms with Gasteiger partial charge in [-0.3, -0.25) is 0 Å². The van der Waals surface area contributed by atoms with Crippen LogP contribution >= 0.6 is 11.3 Å². The van der Waals surface area contributed by atoms with Gasteiger partial charge in [-0.2, -0.15) is 0 Å². The highest BCUT2D eigenvalue weighted by Gasteiger charge is 2.05. The fraction of sp³-hybridized carbons (Fsp3) is 0.385. The molecule has 1 aromatic heterocycles. The summed E-state index contributed by atoms with van der Waals surface area (Å²) in [5, 5.41) is 9.86. The van der Waals surface area contributed by atoms with Crippen LogP contribution in [0.5, 0.6) is 5.75 Å². The van der Waals surface area contributed by atoms with Gasteiger partial charge < -0.3 is 10.5 Å². The van der Waals surface area contributed by atoms with Crippen molar-refractivity contribution in [2.45, 2.75) is 20.4 Å². The maximum atomic E-state index is 5.63. The molecule has 0 unspecified atom stereocenters. The monoisotopic (exact) mass is 263 g/mol. The van der Waals surface area contributed by atoms with E-state index in [1.54, 1.807) is 0 Å². The summed E-state index contributed by atoms with van der Waals surface area (Å²) in [7, 11) is 0. The summed E-state index contributed by atoms with van der Waals surface area (Å²) in [5.74, 6) is 1.41. The lowest BCUT2D eigenvalue weighted by molar-refractivity contribution is 0.271. The maximum absolute atomic E-state index is 5.63. The van der Waals surface area contributed by atoms with Crippen molar-refractivity contribution in [3.8, 4) is 16.3 Å². The van der Waals surface area contributed by atoms with Crippen LogP contribution < -0.4 is 10.5 Å². The normalized spacial score (nSPS) is 10.9. The molecule has 96 valence electrons. The molecule has 1 heterocycles. The van der Waals surface area contributed by atoms with E-state index in [4.69, 9.17) is 10.5 Å². The van der Waals surface area contributed by atoms with Crippen molar-refractivity contribution in [2.75, 3.05) is 6.61 Å². The number of hydrogen-bond acceptors (Lipinski definition) is 5. The van der Waals surface area contributed by atoms with E-state index < -0.39 is 0 Å². The Labute approximate surface area is 111 Å². The molecule has 0 saturated carbocycles. The molecule has 0 spiro atoms. The SMILES string of the molecule is CC(C)COc1ccc(-c2nnc(CN)s2)cc1. The number of ether oxygens (including phenoxy) is 1. The second kappa shape index (κ2) is 5.93. The molecule has 0 fully saturated rings. The summed E-state index contributed by atoms with van der Waals surface area (Å²) >= 11 is 1.52. The van der Waals surface area contributed by atoms with Crippen molar-refractivity contribution < 1.29 is 4.74 Å². The fourth-order valence-corrected chi connectivity index (χ4v) is 2.13. The van der Waals surface area contributed by atoms with E-state index >= 15 is 0 Å². The van der Waals surface area contributed by atoms with Crippen molar-refractivity contribution in [3.05, 3.63) is 29.3 Å². The first-order valence-electron chi connectivity index (χ1n) is 5.94. The average Bonchev–Trinajstić information content (AvgIpc) is 2.85. The van der Waals surface area contributed by atoms with Gasteiger partial charge in [-0.05, 0) is 30.2 Å². The summed E-state index contributed by atoms with van der Waals surface area (Å²) in [6.07, 6.45) is 0. The van der Waals surface area contributed by atoms with Crippen molar-refractivity contribution in [1.82, 2.24) is 10.2 Å². The minimum Gasteiger partial charge on any atom is -0.493 e. The third-order valence-electron chi connectivity index (χ3n) is 2.33. The molecule has 18 heavy (non-hydrogen) atoms. The summed E-state index contributed by atoms with van der Waals surface area (Å²) in [5.41, 5.74) is 6.57. The third kappa shape index (κ3) is 3.27. The molecule has 0 aliphatic rings. The van der Waals surface area contributed by atoms with E-state index in [0.717, 1.165) is 27.9 Å². The molecule has 2 rings (SSSR count). The lowest BCUT2D eigenvalue weighted by Crippen LogP contribution is -2.04. The van der Waals surface area contributed by atoms with Crippen LogP contribution in [-0.2, 0) is 6.54 Å². The van der Waals surface area contributed by atoms with Gasteiger partial charge in [0.2, 0.25) is 0 Å². The Morgan fingerprint density at radius 1 is 1.22 bits per heavy atom. The lowest BCUT2D eigenvalue weighted by Gasteiger charge is -2.08. The highest BCUT2D eigenvalue weighted by atomic mass is 32.1. The molecular weight excluding hydrogens is 246 g/mol. The van der Waals surface area contributed by atoms with E-state index in [1.165, 1.54) is 11.3 Å². The maximum Gasteiger partial charge on any atom is 0.147 e. The molecule has 0 atom stereocenters. The second-order valence-corrected chi connectivity index (χ2v) is 5.50. The average molecular weight is 263 g/mol. The smallest absolute Gasteiger partial charge is 0.147 e. The van der Waals surface area contributed by atoms with Crippen molar-refractivity contribution in [2.24, 2.45) is 11.7 Å². The van der Waals surface area contributed by atoms with Crippen LogP contribution in [0.1, 0.15) is 18.9 Å². The van der Waals surface area contributed by atoms with Gasteiger partial charge in [-0.15, -0.1) is 10.2 Å². The number of hydrogen-bond donors (Lipinski definition) is 1. The predicted octanol–water partition coefficient (Wildman–Crippen LogP) is 2.70. The van der Waals surface area contributed by atoms with Gasteiger partial charge in [-0.1, -0.05) is 25.2 Å². The van der Waals surface area contributed by atoms with Gasteiger partial charge in [-0.25, -0.2) is 0 Å². The lowest BCUT2D eigenvalue weighted by atomic mass is 10.2. The molecular formula is C13H17N3OS. The molecule has 0 radical (unpaired) electrons. The van der Waals surface area contributed by atoms with Crippen LogP contribution in [0.25, 0.3) is 10.6 Å². The first-order chi connectivity index (χ1) is 8.69. The topological polar surface area (TPSA) is 61.0 Å². The van der Waals surface area contributed by atoms with E-state index in [-0.39, 0.29) is 0 Å². The Hall–Kier alpha value is -1.46. The molecule has 0 amide bonds. The Bertz CT molecular complexity index is 493. The van der Waals surface area contributed by atoms with E-state index in [2.05, 4.69) is 24.0 Å². The van der Waals surface area contributed by atoms with Gasteiger partial charge in [0, 0.05) is 12.1 Å². The second-order valence-electron chi connectivity index (χ2n) is 4.43. The number of rotatable bonds is 5. The summed E-state index contributed by atoms with van der Waals surface area (Å²) in [6.45, 7) is 5.43. The summed E-state index contributed by atoms with van der Waals surface area (Å²) < 4.78 is 5.63. The molecule has 2 N–H and O–H groups in total. The standard InChI is InChI=1S/C13H17N3OS/c1-9(2)8-17-11-5-3-10(4-6-11)13-16-15-12(7-14)18-13/h3-6,9H,7-8,14H2,1-2H3. The van der Waals surface area contributed by atoms with Gasteiger partial charge in [0.15, 0.2) is 0 Å². The van der Waals surface area contributed by atoms with Gasteiger partial charge in [0.05, 0.1) is 6.61 Å². The van der Waals surface area contributed by atoms with Crippen LogP contribution in [0.4, 0.5) is 0 Å². The number of nitrogens with zero attached hydrogens (tertiary/aromatic N) is 2. The predicted molar refractivity (Wildman–Crippen MR) is 73.6 cm³/mol. The van der Waals surface area contributed by atoms with Crippen molar-refractivity contribution in [1.29, 1.82) is 0 Å². The van der Waals surface area contributed by atoms with E-state index in [9.17, 15) is 0 Å². The van der Waals surface area contributed by atoms with Gasteiger partial charge >= 0.3 is 0 Å². The zero-order chi connectivity index (χ0) is 13.0. The highest BCUT2D eigenvalue weighted by molar-refractivity contribution is 7.14. The molecule has 4 nitrogen and oxygen atoms in total. The Kier molecular flexibility index (Phi) is 4.28. The Morgan fingerprint density at radius 2 is 1.94 bits per heavy atom. The first-order valence-corrected chi connectivity index (χ1v) is 6.76. The van der Waals surface area contributed by atoms with Crippen LogP contribution in [0.3, 0.4) is 0 Å². The highest BCUT2D eigenvalue weighted by Crippen LogP contribution is 2.25. The van der Waals surface area contributed by atoms with E-state index in [0.29, 0.717) is 12.5 Å². The Balaban J connectivity index is 2.07. The van der Waals surface area contributed by atoms with Crippen LogP contribution in [-0.4, -0.2) is 16.8 Å². The third-order valence-corrected chi connectivity index (χ3v) is 3.32. The molecule has 0 aliphatic heterocycles. The zero-order valence-corrected chi connectivity index (χ0v) is 11.4. The fourth-order valence-electron chi connectivity index (χ4n) is 1.41. The van der Waals surface area contributed by atoms with E-state index in [1.807, 2.05) is 24.3 Å². The number of aromatic nitrogens is 2. The number of nitrogens with two attached hydrogens (primary N) is 1. The minimum absolute atomic E-state index is 0.438. The molecule has 5 heteroatoms. The van der Waals surface area contributed by atoms with Crippen LogP contribution in [0.2, 0.25) is 0 Å². The van der Waals surface area contributed by atoms with Crippen LogP contribution in [0, 0.1) is 5.92 Å². The first kappa shape index (κ1) is 13.0.